The molecular weight excluding hydrogens is 268 g/mol. The summed E-state index contributed by atoms with van der Waals surface area (Å²) in [7, 11) is 1.46. The van der Waals surface area contributed by atoms with E-state index in [9.17, 15) is 4.79 Å². The van der Waals surface area contributed by atoms with Crippen molar-refractivity contribution >= 4 is 11.7 Å². The van der Waals surface area contributed by atoms with E-state index in [-0.39, 0.29) is 12.2 Å². The van der Waals surface area contributed by atoms with Gasteiger partial charge >= 0.3 is 5.97 Å². The molecule has 5 heteroatoms. The van der Waals surface area contributed by atoms with Gasteiger partial charge in [-0.15, -0.1) is 0 Å². The Labute approximate surface area is 122 Å². The van der Waals surface area contributed by atoms with Crippen molar-refractivity contribution in [2.24, 2.45) is 0 Å². The topological polar surface area (TPSA) is 85.3 Å². The first kappa shape index (κ1) is 14.4. The van der Waals surface area contributed by atoms with Gasteiger partial charge in [-0.05, 0) is 29.8 Å². The van der Waals surface area contributed by atoms with Crippen LogP contribution in [0.2, 0.25) is 0 Å². The van der Waals surface area contributed by atoms with Crippen LogP contribution in [0.15, 0.2) is 42.5 Å². The zero-order valence-electron chi connectivity index (χ0n) is 11.5. The zero-order chi connectivity index (χ0) is 15.2. The van der Waals surface area contributed by atoms with Gasteiger partial charge in [0.15, 0.2) is 0 Å². The summed E-state index contributed by atoms with van der Waals surface area (Å²) in [4.78, 5) is 12.1. The second kappa shape index (κ2) is 6.44. The highest BCUT2D eigenvalue weighted by Crippen LogP contribution is 2.25. The fourth-order valence-electron chi connectivity index (χ4n) is 1.89. The molecule has 0 saturated heterocycles. The number of benzene rings is 2. The van der Waals surface area contributed by atoms with Gasteiger partial charge in [-0.3, -0.25) is 0 Å². The molecule has 0 aromatic heterocycles. The number of anilines is 1. The first-order chi connectivity index (χ1) is 10.2. The van der Waals surface area contributed by atoms with Gasteiger partial charge in [0.2, 0.25) is 0 Å². The molecule has 0 spiro atoms. The van der Waals surface area contributed by atoms with Crippen LogP contribution in [-0.2, 0) is 11.3 Å². The van der Waals surface area contributed by atoms with Gasteiger partial charge in [-0.2, -0.15) is 5.26 Å². The number of rotatable bonds is 4. The van der Waals surface area contributed by atoms with Crippen molar-refractivity contribution in [3.8, 4) is 11.8 Å². The number of nitrogen functional groups attached to an aromatic ring is 1. The predicted octanol–water partition coefficient (Wildman–Crippen LogP) is 2.51. The first-order valence-electron chi connectivity index (χ1n) is 6.24. The molecule has 0 heterocycles. The van der Waals surface area contributed by atoms with Gasteiger partial charge in [-0.1, -0.05) is 18.2 Å². The Morgan fingerprint density at radius 3 is 2.76 bits per heavy atom. The van der Waals surface area contributed by atoms with E-state index >= 15 is 0 Å². The average molecular weight is 282 g/mol. The molecule has 0 saturated carbocycles. The van der Waals surface area contributed by atoms with Crippen LogP contribution in [0.5, 0.6) is 5.75 Å². The zero-order valence-corrected chi connectivity index (χ0v) is 11.5. The quantitative estimate of drug-likeness (QED) is 0.688. The fourth-order valence-corrected chi connectivity index (χ4v) is 1.89. The molecule has 0 unspecified atom stereocenters. The second-order valence-corrected chi connectivity index (χ2v) is 4.31. The Morgan fingerprint density at radius 2 is 2.05 bits per heavy atom. The van der Waals surface area contributed by atoms with Gasteiger partial charge in [-0.25, -0.2) is 4.79 Å². The molecule has 106 valence electrons. The average Bonchev–Trinajstić information content (AvgIpc) is 2.52. The maximum atomic E-state index is 12.1. The molecule has 0 radical (unpaired) electrons. The van der Waals surface area contributed by atoms with Crippen molar-refractivity contribution in [3.63, 3.8) is 0 Å². The molecule has 0 aliphatic rings. The van der Waals surface area contributed by atoms with Crippen LogP contribution in [-0.4, -0.2) is 13.1 Å². The van der Waals surface area contributed by atoms with Gasteiger partial charge in [0.05, 0.1) is 18.7 Å². The third-order valence-electron chi connectivity index (χ3n) is 2.91. The van der Waals surface area contributed by atoms with Crippen LogP contribution in [0, 0.1) is 11.3 Å². The number of hydrogen-bond donors (Lipinski definition) is 1. The van der Waals surface area contributed by atoms with E-state index in [1.165, 1.54) is 7.11 Å². The van der Waals surface area contributed by atoms with Crippen LogP contribution in [0.3, 0.4) is 0 Å². The highest BCUT2D eigenvalue weighted by molar-refractivity contribution is 5.98. The number of nitrogens with zero attached hydrogens (tertiary/aromatic N) is 1. The number of hydrogen-bond acceptors (Lipinski definition) is 5. The summed E-state index contributed by atoms with van der Waals surface area (Å²) in [6, 6.07) is 13.8. The van der Waals surface area contributed by atoms with Crippen LogP contribution >= 0.6 is 0 Å². The number of ether oxygens (including phenoxy) is 2. The second-order valence-electron chi connectivity index (χ2n) is 4.31. The smallest absolute Gasteiger partial charge is 0.344 e. The molecule has 2 rings (SSSR count). The van der Waals surface area contributed by atoms with E-state index in [4.69, 9.17) is 20.5 Å². The number of esters is 1. The SMILES string of the molecule is COc1cccc(N)c1C(=O)OCc1cccc(C#N)c1. The summed E-state index contributed by atoms with van der Waals surface area (Å²) < 4.78 is 10.3. The molecular formula is C16H14N2O3. The van der Waals surface area contributed by atoms with Crippen molar-refractivity contribution in [2.75, 3.05) is 12.8 Å². The standard InChI is InChI=1S/C16H14N2O3/c1-20-14-7-3-6-13(18)15(14)16(19)21-10-12-5-2-4-11(8-12)9-17/h2-8H,10,18H2,1H3. The number of nitriles is 1. The lowest BCUT2D eigenvalue weighted by molar-refractivity contribution is 0.0470. The Kier molecular flexibility index (Phi) is 4.42. The molecule has 5 nitrogen and oxygen atoms in total. The number of carbonyl (C=O) groups is 1. The minimum atomic E-state index is -0.563. The van der Waals surface area contributed by atoms with E-state index in [0.717, 1.165) is 5.56 Å². The van der Waals surface area contributed by atoms with Gasteiger partial charge in [0, 0.05) is 5.69 Å². The Hall–Kier alpha value is -3.00. The van der Waals surface area contributed by atoms with Crippen LogP contribution < -0.4 is 10.5 Å². The normalized spacial score (nSPS) is 9.71. The minimum absolute atomic E-state index is 0.0614. The van der Waals surface area contributed by atoms with Crippen molar-refractivity contribution < 1.29 is 14.3 Å². The van der Waals surface area contributed by atoms with Crippen LogP contribution in [0.25, 0.3) is 0 Å². The summed E-state index contributed by atoms with van der Waals surface area (Å²) in [5.41, 5.74) is 7.54. The van der Waals surface area contributed by atoms with Crippen molar-refractivity contribution in [2.45, 2.75) is 6.61 Å². The number of carbonyl (C=O) groups excluding carboxylic acids is 1. The molecule has 2 aromatic carbocycles. The fraction of sp³-hybridized carbons (Fsp3) is 0.125. The maximum Gasteiger partial charge on any atom is 0.344 e. The summed E-state index contributed by atoms with van der Waals surface area (Å²) in [5.74, 6) is -0.196. The minimum Gasteiger partial charge on any atom is -0.496 e. The maximum absolute atomic E-state index is 12.1. The summed E-state index contributed by atoms with van der Waals surface area (Å²) in [5, 5.41) is 8.83. The van der Waals surface area contributed by atoms with Gasteiger partial charge in [0.1, 0.15) is 17.9 Å². The highest BCUT2D eigenvalue weighted by Gasteiger charge is 2.17. The van der Waals surface area contributed by atoms with Crippen LogP contribution in [0.4, 0.5) is 5.69 Å². The Balaban J connectivity index is 2.14. The lowest BCUT2D eigenvalue weighted by atomic mass is 10.1. The lowest BCUT2D eigenvalue weighted by Crippen LogP contribution is -2.10. The molecule has 21 heavy (non-hydrogen) atoms. The summed E-state index contributed by atoms with van der Waals surface area (Å²) in [6.45, 7) is 0.0614. The molecule has 0 atom stereocenters. The Bertz CT molecular complexity index is 705. The Morgan fingerprint density at radius 1 is 1.29 bits per heavy atom. The number of methoxy groups -OCH3 is 1. The predicted molar refractivity (Wildman–Crippen MR) is 77.7 cm³/mol. The first-order valence-corrected chi connectivity index (χ1v) is 6.24. The molecule has 2 N–H and O–H groups in total. The molecule has 0 amide bonds. The largest absolute Gasteiger partial charge is 0.496 e. The van der Waals surface area contributed by atoms with E-state index < -0.39 is 5.97 Å². The van der Waals surface area contributed by atoms with Crippen molar-refractivity contribution in [3.05, 3.63) is 59.2 Å². The van der Waals surface area contributed by atoms with E-state index in [0.29, 0.717) is 17.0 Å². The molecule has 0 aliphatic carbocycles. The number of nitrogens with two attached hydrogens (primary N) is 1. The van der Waals surface area contributed by atoms with E-state index in [1.54, 1.807) is 42.5 Å². The van der Waals surface area contributed by atoms with Gasteiger partial charge in [0.25, 0.3) is 0 Å². The third kappa shape index (κ3) is 3.31. The lowest BCUT2D eigenvalue weighted by Gasteiger charge is -2.11. The van der Waals surface area contributed by atoms with Crippen molar-refractivity contribution in [1.29, 1.82) is 5.26 Å². The molecule has 0 bridgehead atoms. The van der Waals surface area contributed by atoms with E-state index in [1.807, 2.05) is 6.07 Å². The van der Waals surface area contributed by atoms with E-state index in [2.05, 4.69) is 0 Å². The molecule has 2 aromatic rings. The molecule has 0 fully saturated rings. The van der Waals surface area contributed by atoms with Gasteiger partial charge < -0.3 is 15.2 Å². The van der Waals surface area contributed by atoms with Crippen LogP contribution in [0.1, 0.15) is 21.5 Å². The molecule has 0 aliphatic heterocycles. The summed E-state index contributed by atoms with van der Waals surface area (Å²) >= 11 is 0. The summed E-state index contributed by atoms with van der Waals surface area (Å²) in [6.07, 6.45) is 0. The highest BCUT2D eigenvalue weighted by atomic mass is 16.5. The third-order valence-corrected chi connectivity index (χ3v) is 2.91. The monoisotopic (exact) mass is 282 g/mol. The van der Waals surface area contributed by atoms with Crippen molar-refractivity contribution in [1.82, 2.24) is 0 Å².